The van der Waals surface area contributed by atoms with Crippen molar-refractivity contribution in [2.75, 3.05) is 0 Å². The Morgan fingerprint density at radius 1 is 0.950 bits per heavy atom. The largest absolute Gasteiger partial charge is 0.692 e. The van der Waals surface area contributed by atoms with E-state index in [1.807, 2.05) is 48.5 Å². The van der Waals surface area contributed by atoms with E-state index in [-0.39, 0.29) is 0 Å². The summed E-state index contributed by atoms with van der Waals surface area (Å²) in [6.45, 7) is 0. The highest BCUT2D eigenvalue weighted by molar-refractivity contribution is 5.65. The molecule has 0 radical (unpaired) electrons. The number of benzene rings is 2. The van der Waals surface area contributed by atoms with Crippen LogP contribution < -0.4 is 4.85 Å². The Morgan fingerprint density at radius 3 is 2.55 bits per heavy atom. The highest BCUT2D eigenvalue weighted by Crippen LogP contribution is 2.30. The summed E-state index contributed by atoms with van der Waals surface area (Å²) in [5, 5.41) is 17.1. The minimum Gasteiger partial charge on any atom is -0.692 e. The summed E-state index contributed by atoms with van der Waals surface area (Å²) in [7, 11) is 0. The molecule has 0 fully saturated rings. The van der Waals surface area contributed by atoms with E-state index in [1.165, 1.54) is 10.4 Å². The SMILES string of the molecule is [O-][n+]1c2c(nn1-c1ccccc1)CCc1ccccc1-2. The van der Waals surface area contributed by atoms with Crippen molar-refractivity contribution in [1.82, 2.24) is 9.90 Å². The Morgan fingerprint density at radius 2 is 1.70 bits per heavy atom. The van der Waals surface area contributed by atoms with Crippen LogP contribution in [-0.4, -0.2) is 9.90 Å². The van der Waals surface area contributed by atoms with Crippen LogP contribution in [0.3, 0.4) is 0 Å². The first-order chi connectivity index (χ1) is 9.84. The van der Waals surface area contributed by atoms with Crippen molar-refractivity contribution in [3.8, 4) is 16.9 Å². The maximum atomic E-state index is 12.6. The molecule has 0 aliphatic heterocycles. The summed E-state index contributed by atoms with van der Waals surface area (Å²) in [6, 6.07) is 17.6. The van der Waals surface area contributed by atoms with Crippen molar-refractivity contribution in [3.05, 3.63) is 71.1 Å². The molecule has 1 aliphatic carbocycles. The average molecular weight is 263 g/mol. The fourth-order valence-corrected chi connectivity index (χ4v) is 2.78. The van der Waals surface area contributed by atoms with Gasteiger partial charge in [0.1, 0.15) is 5.69 Å². The summed E-state index contributed by atoms with van der Waals surface area (Å²) >= 11 is 0. The highest BCUT2D eigenvalue weighted by atomic mass is 16.5. The van der Waals surface area contributed by atoms with Crippen LogP contribution in [0, 0.1) is 5.21 Å². The predicted molar refractivity (Wildman–Crippen MR) is 75.4 cm³/mol. The number of hydrogen-bond donors (Lipinski definition) is 0. The Hall–Kier alpha value is -2.62. The molecular weight excluding hydrogens is 250 g/mol. The molecule has 4 heteroatoms. The summed E-state index contributed by atoms with van der Waals surface area (Å²) in [6.07, 6.45) is 1.75. The third-order valence-corrected chi connectivity index (χ3v) is 3.74. The number of fused-ring (bicyclic) bond motifs is 3. The van der Waals surface area contributed by atoms with Gasteiger partial charge < -0.3 is 5.21 Å². The van der Waals surface area contributed by atoms with Crippen molar-refractivity contribution in [2.24, 2.45) is 0 Å². The maximum absolute atomic E-state index is 12.6. The minimum absolute atomic E-state index is 0.690. The number of rotatable bonds is 1. The molecule has 0 N–H and O–H groups in total. The lowest BCUT2D eigenvalue weighted by Gasteiger charge is -2.13. The number of nitrogens with zero attached hydrogens (tertiary/aromatic N) is 3. The van der Waals surface area contributed by atoms with Gasteiger partial charge in [-0.2, -0.15) is 0 Å². The van der Waals surface area contributed by atoms with Gasteiger partial charge in [-0.15, -0.1) is 4.85 Å². The second kappa shape index (κ2) is 4.20. The normalized spacial score (nSPS) is 12.8. The Labute approximate surface area is 116 Å². The topological polar surface area (TPSA) is 44.8 Å². The highest BCUT2D eigenvalue weighted by Gasteiger charge is 2.29. The van der Waals surface area contributed by atoms with Crippen LogP contribution in [0.15, 0.2) is 54.6 Å². The Balaban J connectivity index is 1.95. The lowest BCUT2D eigenvalue weighted by atomic mass is 9.92. The molecule has 3 aromatic rings. The van der Waals surface area contributed by atoms with Crippen LogP contribution in [0.5, 0.6) is 0 Å². The third-order valence-electron chi connectivity index (χ3n) is 3.74. The monoisotopic (exact) mass is 263 g/mol. The molecule has 1 aliphatic rings. The maximum Gasteiger partial charge on any atom is 0.228 e. The molecule has 98 valence electrons. The quantitative estimate of drug-likeness (QED) is 0.499. The molecule has 1 heterocycles. The van der Waals surface area contributed by atoms with E-state index in [9.17, 15) is 5.21 Å². The lowest BCUT2D eigenvalue weighted by Crippen LogP contribution is -2.39. The van der Waals surface area contributed by atoms with Gasteiger partial charge in [0.15, 0.2) is 0 Å². The van der Waals surface area contributed by atoms with E-state index in [2.05, 4.69) is 11.2 Å². The van der Waals surface area contributed by atoms with Crippen LogP contribution in [0.4, 0.5) is 0 Å². The third kappa shape index (κ3) is 1.54. The first-order valence-electron chi connectivity index (χ1n) is 6.70. The molecule has 0 spiro atoms. The zero-order valence-corrected chi connectivity index (χ0v) is 10.9. The molecule has 0 unspecified atom stereocenters. The van der Waals surface area contributed by atoms with Crippen molar-refractivity contribution >= 4 is 0 Å². The number of hydrogen-bond acceptors (Lipinski definition) is 2. The van der Waals surface area contributed by atoms with Gasteiger partial charge in [-0.1, -0.05) is 42.5 Å². The summed E-state index contributed by atoms with van der Waals surface area (Å²) in [5.41, 5.74) is 4.58. The van der Waals surface area contributed by atoms with Crippen molar-refractivity contribution in [1.29, 1.82) is 0 Å². The van der Waals surface area contributed by atoms with Gasteiger partial charge >= 0.3 is 0 Å². The summed E-state index contributed by atoms with van der Waals surface area (Å²) < 4.78 is 0. The first kappa shape index (κ1) is 11.2. The minimum atomic E-state index is 0.690. The molecule has 1 aromatic heterocycles. The van der Waals surface area contributed by atoms with Gasteiger partial charge in [-0.25, -0.2) is 0 Å². The van der Waals surface area contributed by atoms with Gasteiger partial charge in [0.05, 0.1) is 0 Å². The van der Waals surface area contributed by atoms with Gasteiger partial charge in [0.2, 0.25) is 11.4 Å². The van der Waals surface area contributed by atoms with E-state index in [1.54, 1.807) is 0 Å². The van der Waals surface area contributed by atoms with E-state index < -0.39 is 0 Å². The van der Waals surface area contributed by atoms with E-state index in [0.29, 0.717) is 5.69 Å². The van der Waals surface area contributed by atoms with Crippen LogP contribution >= 0.6 is 0 Å². The smallest absolute Gasteiger partial charge is 0.228 e. The zero-order valence-electron chi connectivity index (χ0n) is 10.9. The summed E-state index contributed by atoms with van der Waals surface area (Å²) in [4.78, 5) is 2.34. The molecule has 0 saturated carbocycles. The van der Waals surface area contributed by atoms with Crippen LogP contribution in [-0.2, 0) is 12.8 Å². The van der Waals surface area contributed by atoms with Gasteiger partial charge in [0, 0.05) is 17.1 Å². The predicted octanol–water partition coefficient (Wildman–Crippen LogP) is 2.27. The van der Waals surface area contributed by atoms with Crippen molar-refractivity contribution < 1.29 is 4.85 Å². The van der Waals surface area contributed by atoms with E-state index >= 15 is 0 Å². The number of aryl methyl sites for hydroxylation is 2. The Bertz CT molecular complexity index is 778. The molecular formula is C16H13N3O. The number of para-hydroxylation sites is 1. The van der Waals surface area contributed by atoms with Crippen LogP contribution in [0.2, 0.25) is 0 Å². The fraction of sp³-hybridized carbons (Fsp3) is 0.125. The molecule has 4 rings (SSSR count). The average Bonchev–Trinajstić information content (AvgIpc) is 2.86. The molecule has 0 bridgehead atoms. The molecule has 20 heavy (non-hydrogen) atoms. The zero-order chi connectivity index (χ0) is 13.5. The fourth-order valence-electron chi connectivity index (χ4n) is 2.78. The molecule has 4 nitrogen and oxygen atoms in total. The van der Waals surface area contributed by atoms with Gasteiger partial charge in [-0.05, 0) is 28.9 Å². The second-order valence-corrected chi connectivity index (χ2v) is 4.95. The lowest BCUT2D eigenvalue weighted by molar-refractivity contribution is -0.678. The molecule has 2 aromatic carbocycles. The second-order valence-electron chi connectivity index (χ2n) is 4.95. The van der Waals surface area contributed by atoms with Gasteiger partial charge in [-0.3, -0.25) is 0 Å². The summed E-state index contributed by atoms with van der Waals surface area (Å²) in [5.74, 6) is 0. The standard InChI is InChI=1S/C16H13N3O/c20-19-16-14-9-5-4-6-12(14)10-11-15(16)17-18(19)13-7-2-1-3-8-13/h1-9H,10-11H2. The van der Waals surface area contributed by atoms with Crippen LogP contribution in [0.1, 0.15) is 11.3 Å². The molecule has 0 atom stereocenters. The number of aromatic nitrogens is 3. The molecule has 0 saturated heterocycles. The van der Waals surface area contributed by atoms with E-state index in [4.69, 9.17) is 0 Å². The first-order valence-corrected chi connectivity index (χ1v) is 6.70. The van der Waals surface area contributed by atoms with Gasteiger partial charge in [0.25, 0.3) is 0 Å². The van der Waals surface area contributed by atoms with Crippen LogP contribution in [0.25, 0.3) is 16.9 Å². The van der Waals surface area contributed by atoms with Crippen molar-refractivity contribution in [3.63, 3.8) is 0 Å². The Kier molecular flexibility index (Phi) is 2.36. The molecule has 0 amide bonds. The van der Waals surface area contributed by atoms with Crippen molar-refractivity contribution in [2.45, 2.75) is 12.8 Å². The van der Waals surface area contributed by atoms with E-state index in [0.717, 1.165) is 34.6 Å².